The van der Waals surface area contributed by atoms with E-state index in [1.807, 2.05) is 49.4 Å². The van der Waals surface area contributed by atoms with Crippen molar-refractivity contribution in [3.05, 3.63) is 59.2 Å². The lowest BCUT2D eigenvalue weighted by atomic mass is 10.0. The third-order valence-corrected chi connectivity index (χ3v) is 3.40. The molecule has 0 bridgehead atoms. The predicted molar refractivity (Wildman–Crippen MR) is 85.5 cm³/mol. The van der Waals surface area contributed by atoms with Crippen LogP contribution in [0, 0.1) is 18.3 Å². The van der Waals surface area contributed by atoms with Gasteiger partial charge in [0.2, 0.25) is 0 Å². The van der Waals surface area contributed by atoms with Crippen LogP contribution in [-0.2, 0) is 0 Å². The zero-order valence-corrected chi connectivity index (χ0v) is 12.7. The second-order valence-electron chi connectivity index (χ2n) is 5.01. The quantitative estimate of drug-likeness (QED) is 0.880. The van der Waals surface area contributed by atoms with E-state index in [0.717, 1.165) is 22.6 Å². The van der Waals surface area contributed by atoms with Crippen molar-refractivity contribution in [2.24, 2.45) is 0 Å². The molecule has 0 heterocycles. The largest absolute Gasteiger partial charge is 0.494 e. The van der Waals surface area contributed by atoms with Crippen molar-refractivity contribution in [3.8, 4) is 11.8 Å². The molecule has 0 radical (unpaired) electrons. The van der Waals surface area contributed by atoms with E-state index < -0.39 is 0 Å². The van der Waals surface area contributed by atoms with E-state index in [4.69, 9.17) is 10.00 Å². The van der Waals surface area contributed by atoms with Gasteiger partial charge in [-0.05, 0) is 62.2 Å². The van der Waals surface area contributed by atoms with Crippen molar-refractivity contribution in [2.75, 3.05) is 11.9 Å². The molecule has 3 nitrogen and oxygen atoms in total. The SMILES string of the molecule is CCOc1ccc(NC(C)c2cccc(C#N)c2)c(C)c1. The monoisotopic (exact) mass is 280 g/mol. The van der Waals surface area contributed by atoms with Gasteiger partial charge in [0.1, 0.15) is 5.75 Å². The summed E-state index contributed by atoms with van der Waals surface area (Å²) in [6.07, 6.45) is 0. The zero-order chi connectivity index (χ0) is 15.2. The average Bonchev–Trinajstić information content (AvgIpc) is 2.50. The number of aryl methyl sites for hydroxylation is 1. The van der Waals surface area contributed by atoms with Crippen molar-refractivity contribution in [1.29, 1.82) is 5.26 Å². The van der Waals surface area contributed by atoms with Crippen molar-refractivity contribution in [1.82, 2.24) is 0 Å². The zero-order valence-electron chi connectivity index (χ0n) is 12.7. The van der Waals surface area contributed by atoms with E-state index in [-0.39, 0.29) is 6.04 Å². The van der Waals surface area contributed by atoms with Crippen molar-refractivity contribution in [2.45, 2.75) is 26.8 Å². The Labute approximate surface area is 126 Å². The first-order chi connectivity index (χ1) is 10.1. The Morgan fingerprint density at radius 3 is 2.71 bits per heavy atom. The van der Waals surface area contributed by atoms with Crippen LogP contribution in [0.5, 0.6) is 5.75 Å². The minimum atomic E-state index is 0.134. The molecule has 108 valence electrons. The summed E-state index contributed by atoms with van der Waals surface area (Å²) < 4.78 is 5.50. The molecule has 2 rings (SSSR count). The van der Waals surface area contributed by atoms with E-state index in [9.17, 15) is 0 Å². The highest BCUT2D eigenvalue weighted by atomic mass is 16.5. The molecule has 1 atom stereocenters. The van der Waals surface area contributed by atoms with Crippen LogP contribution in [0.2, 0.25) is 0 Å². The summed E-state index contributed by atoms with van der Waals surface area (Å²) in [5.74, 6) is 0.889. The van der Waals surface area contributed by atoms with E-state index in [1.165, 1.54) is 0 Å². The highest BCUT2D eigenvalue weighted by molar-refractivity contribution is 5.55. The van der Waals surface area contributed by atoms with Gasteiger partial charge >= 0.3 is 0 Å². The smallest absolute Gasteiger partial charge is 0.119 e. The van der Waals surface area contributed by atoms with Gasteiger partial charge in [-0.3, -0.25) is 0 Å². The number of nitrogens with one attached hydrogen (secondary N) is 1. The van der Waals surface area contributed by atoms with Crippen LogP contribution in [0.25, 0.3) is 0 Å². The van der Waals surface area contributed by atoms with Crippen LogP contribution in [0.15, 0.2) is 42.5 Å². The maximum absolute atomic E-state index is 8.97. The van der Waals surface area contributed by atoms with Crippen LogP contribution in [0.3, 0.4) is 0 Å². The van der Waals surface area contributed by atoms with E-state index >= 15 is 0 Å². The Morgan fingerprint density at radius 2 is 2.05 bits per heavy atom. The lowest BCUT2D eigenvalue weighted by Crippen LogP contribution is -2.08. The minimum absolute atomic E-state index is 0.134. The number of ether oxygens (including phenoxy) is 1. The molecule has 0 aliphatic heterocycles. The predicted octanol–water partition coefficient (Wildman–Crippen LogP) is 4.44. The number of rotatable bonds is 5. The number of hydrogen-bond donors (Lipinski definition) is 1. The van der Waals surface area contributed by atoms with Crippen molar-refractivity contribution < 1.29 is 4.74 Å². The van der Waals surface area contributed by atoms with E-state index in [2.05, 4.69) is 25.2 Å². The van der Waals surface area contributed by atoms with E-state index in [0.29, 0.717) is 12.2 Å². The van der Waals surface area contributed by atoms with Crippen molar-refractivity contribution in [3.63, 3.8) is 0 Å². The fraction of sp³-hybridized carbons (Fsp3) is 0.278. The summed E-state index contributed by atoms with van der Waals surface area (Å²) in [5.41, 5.74) is 4.00. The second-order valence-corrected chi connectivity index (χ2v) is 5.01. The highest BCUT2D eigenvalue weighted by Gasteiger charge is 2.08. The summed E-state index contributed by atoms with van der Waals surface area (Å²) in [6, 6.07) is 16.0. The van der Waals surface area contributed by atoms with Crippen LogP contribution in [-0.4, -0.2) is 6.61 Å². The number of nitrogens with zero attached hydrogens (tertiary/aromatic N) is 1. The van der Waals surface area contributed by atoms with Gasteiger partial charge in [-0.2, -0.15) is 5.26 Å². The average molecular weight is 280 g/mol. The van der Waals surface area contributed by atoms with Gasteiger partial charge in [-0.25, -0.2) is 0 Å². The Morgan fingerprint density at radius 1 is 1.24 bits per heavy atom. The van der Waals surface area contributed by atoms with Gasteiger partial charge in [0, 0.05) is 11.7 Å². The first kappa shape index (κ1) is 14.9. The minimum Gasteiger partial charge on any atom is -0.494 e. The normalized spacial score (nSPS) is 11.5. The Kier molecular flexibility index (Phi) is 4.84. The van der Waals surface area contributed by atoms with Gasteiger partial charge in [-0.1, -0.05) is 12.1 Å². The molecule has 0 saturated heterocycles. The third-order valence-electron chi connectivity index (χ3n) is 3.40. The molecule has 1 N–H and O–H groups in total. The lowest BCUT2D eigenvalue weighted by Gasteiger charge is -2.18. The van der Waals surface area contributed by atoms with Gasteiger partial charge in [0.15, 0.2) is 0 Å². The van der Waals surface area contributed by atoms with Crippen LogP contribution in [0.4, 0.5) is 5.69 Å². The Balaban J connectivity index is 2.15. The molecule has 0 saturated carbocycles. The maximum Gasteiger partial charge on any atom is 0.119 e. The first-order valence-electron chi connectivity index (χ1n) is 7.14. The number of anilines is 1. The van der Waals surface area contributed by atoms with Gasteiger partial charge in [0.05, 0.1) is 18.2 Å². The molecule has 3 heteroatoms. The third kappa shape index (κ3) is 3.76. The topological polar surface area (TPSA) is 45.0 Å². The van der Waals surface area contributed by atoms with Crippen LogP contribution >= 0.6 is 0 Å². The Hall–Kier alpha value is -2.47. The molecule has 0 aromatic heterocycles. The molecule has 0 aliphatic rings. The van der Waals surface area contributed by atoms with E-state index in [1.54, 1.807) is 0 Å². The van der Waals surface area contributed by atoms with Gasteiger partial charge in [-0.15, -0.1) is 0 Å². The first-order valence-corrected chi connectivity index (χ1v) is 7.14. The molecule has 2 aromatic rings. The molecule has 0 spiro atoms. The molecular weight excluding hydrogens is 260 g/mol. The highest BCUT2D eigenvalue weighted by Crippen LogP contribution is 2.25. The van der Waals surface area contributed by atoms with Crippen LogP contribution in [0.1, 0.15) is 36.6 Å². The fourth-order valence-electron chi connectivity index (χ4n) is 2.25. The molecule has 21 heavy (non-hydrogen) atoms. The summed E-state index contributed by atoms with van der Waals surface area (Å²) in [7, 11) is 0. The second kappa shape index (κ2) is 6.81. The molecular formula is C18H20N2O. The summed E-state index contributed by atoms with van der Waals surface area (Å²) in [6.45, 7) is 6.80. The molecule has 0 fully saturated rings. The molecule has 0 amide bonds. The summed E-state index contributed by atoms with van der Waals surface area (Å²) in [4.78, 5) is 0. The summed E-state index contributed by atoms with van der Waals surface area (Å²) >= 11 is 0. The summed E-state index contributed by atoms with van der Waals surface area (Å²) in [5, 5.41) is 12.5. The van der Waals surface area contributed by atoms with Crippen molar-refractivity contribution >= 4 is 5.69 Å². The Bertz CT molecular complexity index is 659. The lowest BCUT2D eigenvalue weighted by molar-refractivity contribution is 0.340. The van der Waals surface area contributed by atoms with Crippen LogP contribution < -0.4 is 10.1 Å². The number of nitriles is 1. The van der Waals surface area contributed by atoms with Gasteiger partial charge in [0.25, 0.3) is 0 Å². The number of hydrogen-bond acceptors (Lipinski definition) is 3. The fourth-order valence-corrected chi connectivity index (χ4v) is 2.25. The molecule has 1 unspecified atom stereocenters. The molecule has 0 aliphatic carbocycles. The molecule has 2 aromatic carbocycles. The van der Waals surface area contributed by atoms with Gasteiger partial charge < -0.3 is 10.1 Å². The standard InChI is InChI=1S/C18H20N2O/c1-4-21-17-8-9-18(13(2)10-17)20-14(3)16-7-5-6-15(11-16)12-19/h5-11,14,20H,4H2,1-3H3. The number of benzene rings is 2. The maximum atomic E-state index is 8.97.